The fourth-order valence-corrected chi connectivity index (χ4v) is 1.24. The number of aliphatic hydroxyl groups is 1. The lowest BCUT2D eigenvalue weighted by Gasteiger charge is -2.09. The van der Waals surface area contributed by atoms with Gasteiger partial charge in [0.15, 0.2) is 11.5 Å². The first-order chi connectivity index (χ1) is 7.81. The molecule has 0 saturated heterocycles. The molecule has 16 heavy (non-hydrogen) atoms. The molecule has 1 N–H and O–H groups in total. The third-order valence-electron chi connectivity index (χ3n) is 1.96. The minimum atomic E-state index is 0.0248. The Morgan fingerprint density at radius 1 is 1.38 bits per heavy atom. The average Bonchev–Trinajstić information content (AvgIpc) is 2.34. The van der Waals surface area contributed by atoms with Gasteiger partial charge in [0.1, 0.15) is 6.61 Å². The smallest absolute Gasteiger partial charge is 0.161 e. The number of hydrogen-bond donors (Lipinski definition) is 1. The average molecular weight is 220 g/mol. The van der Waals surface area contributed by atoms with E-state index in [0.29, 0.717) is 18.1 Å². The fourth-order valence-electron chi connectivity index (χ4n) is 1.24. The topological polar surface area (TPSA) is 38.7 Å². The molecule has 1 aromatic carbocycles. The van der Waals surface area contributed by atoms with Gasteiger partial charge in [-0.15, -0.1) is 0 Å². The summed E-state index contributed by atoms with van der Waals surface area (Å²) in [6, 6.07) is 5.58. The van der Waals surface area contributed by atoms with Crippen molar-refractivity contribution < 1.29 is 14.6 Å². The van der Waals surface area contributed by atoms with Gasteiger partial charge in [0.05, 0.1) is 13.7 Å². The lowest BCUT2D eigenvalue weighted by atomic mass is 10.2. The van der Waals surface area contributed by atoms with Crippen LogP contribution >= 0.6 is 0 Å². The maximum absolute atomic E-state index is 8.67. The molecule has 3 nitrogen and oxygen atoms in total. The highest BCUT2D eigenvalue weighted by Crippen LogP contribution is 2.28. The molecule has 0 unspecified atom stereocenters. The van der Waals surface area contributed by atoms with Gasteiger partial charge in [-0.05, 0) is 17.7 Å². The van der Waals surface area contributed by atoms with Crippen LogP contribution in [0.1, 0.15) is 5.56 Å². The van der Waals surface area contributed by atoms with Gasteiger partial charge in [0.2, 0.25) is 0 Å². The van der Waals surface area contributed by atoms with Crippen LogP contribution in [0.2, 0.25) is 0 Å². The SMILES string of the molecule is C=CCOc1ccc(C=CCO)cc1OC. The van der Waals surface area contributed by atoms with Crippen LogP contribution in [0.4, 0.5) is 0 Å². The van der Waals surface area contributed by atoms with Crippen LogP contribution in [-0.4, -0.2) is 25.4 Å². The zero-order chi connectivity index (χ0) is 11.8. The molecule has 0 radical (unpaired) electrons. The van der Waals surface area contributed by atoms with Gasteiger partial charge in [-0.1, -0.05) is 30.9 Å². The molecule has 0 heterocycles. The number of aliphatic hydroxyl groups excluding tert-OH is 1. The summed E-state index contributed by atoms with van der Waals surface area (Å²) >= 11 is 0. The van der Waals surface area contributed by atoms with Gasteiger partial charge in [-0.3, -0.25) is 0 Å². The van der Waals surface area contributed by atoms with Crippen LogP contribution < -0.4 is 9.47 Å². The van der Waals surface area contributed by atoms with Crippen molar-refractivity contribution in [3.05, 3.63) is 42.5 Å². The molecular formula is C13H16O3. The molecule has 0 saturated carbocycles. The van der Waals surface area contributed by atoms with Crippen LogP contribution in [0.3, 0.4) is 0 Å². The van der Waals surface area contributed by atoms with E-state index in [1.165, 1.54) is 0 Å². The van der Waals surface area contributed by atoms with Gasteiger partial charge < -0.3 is 14.6 Å². The molecule has 0 aliphatic rings. The Morgan fingerprint density at radius 3 is 2.81 bits per heavy atom. The second-order valence-corrected chi connectivity index (χ2v) is 3.09. The van der Waals surface area contributed by atoms with Crippen LogP contribution in [0.25, 0.3) is 6.08 Å². The quantitative estimate of drug-likeness (QED) is 0.747. The molecule has 1 aromatic rings. The lowest BCUT2D eigenvalue weighted by Crippen LogP contribution is -1.96. The highest BCUT2D eigenvalue weighted by Gasteiger charge is 2.03. The van der Waals surface area contributed by atoms with E-state index in [1.807, 2.05) is 24.3 Å². The summed E-state index contributed by atoms with van der Waals surface area (Å²) in [4.78, 5) is 0. The summed E-state index contributed by atoms with van der Waals surface area (Å²) in [6.45, 7) is 4.06. The molecule has 0 bridgehead atoms. The first-order valence-corrected chi connectivity index (χ1v) is 5.01. The maximum Gasteiger partial charge on any atom is 0.161 e. The van der Waals surface area contributed by atoms with Gasteiger partial charge >= 0.3 is 0 Å². The molecule has 1 rings (SSSR count). The first-order valence-electron chi connectivity index (χ1n) is 5.01. The number of ether oxygens (including phenoxy) is 2. The highest BCUT2D eigenvalue weighted by molar-refractivity contribution is 5.55. The molecular weight excluding hydrogens is 204 g/mol. The van der Waals surface area contributed by atoms with Crippen LogP contribution in [0, 0.1) is 0 Å². The number of rotatable bonds is 6. The third kappa shape index (κ3) is 3.44. The summed E-state index contributed by atoms with van der Waals surface area (Å²) in [6.07, 6.45) is 5.16. The van der Waals surface area contributed by atoms with Gasteiger partial charge in [-0.2, -0.15) is 0 Å². The summed E-state index contributed by atoms with van der Waals surface area (Å²) in [7, 11) is 1.59. The largest absolute Gasteiger partial charge is 0.493 e. The monoisotopic (exact) mass is 220 g/mol. The Labute approximate surface area is 95.6 Å². The number of benzene rings is 1. The van der Waals surface area contributed by atoms with Crippen molar-refractivity contribution in [1.82, 2.24) is 0 Å². The summed E-state index contributed by atoms with van der Waals surface area (Å²) in [5.74, 6) is 1.35. The highest BCUT2D eigenvalue weighted by atomic mass is 16.5. The second kappa shape index (κ2) is 6.69. The standard InChI is InChI=1S/C13H16O3/c1-3-9-16-12-7-6-11(5-4-8-14)10-13(12)15-2/h3-7,10,14H,1,8-9H2,2H3. The molecule has 0 atom stereocenters. The first kappa shape index (κ1) is 12.3. The molecule has 0 spiro atoms. The number of hydrogen-bond acceptors (Lipinski definition) is 3. The van der Waals surface area contributed by atoms with E-state index < -0.39 is 0 Å². The summed E-state index contributed by atoms with van der Waals surface area (Å²) in [5, 5.41) is 8.67. The van der Waals surface area contributed by atoms with Crippen molar-refractivity contribution in [3.8, 4) is 11.5 Å². The molecule has 0 aliphatic heterocycles. The fraction of sp³-hybridized carbons (Fsp3) is 0.231. The van der Waals surface area contributed by atoms with E-state index >= 15 is 0 Å². The van der Waals surface area contributed by atoms with E-state index in [-0.39, 0.29) is 6.61 Å². The minimum Gasteiger partial charge on any atom is -0.493 e. The van der Waals surface area contributed by atoms with E-state index in [2.05, 4.69) is 6.58 Å². The van der Waals surface area contributed by atoms with Crippen molar-refractivity contribution in [2.75, 3.05) is 20.3 Å². The molecule has 0 amide bonds. The van der Waals surface area contributed by atoms with Crippen molar-refractivity contribution in [2.24, 2.45) is 0 Å². The zero-order valence-corrected chi connectivity index (χ0v) is 9.35. The Kier molecular flexibility index (Phi) is 5.16. The lowest BCUT2D eigenvalue weighted by molar-refractivity contribution is 0.326. The predicted octanol–water partition coefficient (Wildman–Crippen LogP) is 2.27. The van der Waals surface area contributed by atoms with Crippen molar-refractivity contribution >= 4 is 6.08 Å². The molecule has 0 fully saturated rings. The van der Waals surface area contributed by atoms with Crippen molar-refractivity contribution in [3.63, 3.8) is 0 Å². The van der Waals surface area contributed by atoms with Gasteiger partial charge in [-0.25, -0.2) is 0 Å². The zero-order valence-electron chi connectivity index (χ0n) is 9.35. The normalized spacial score (nSPS) is 10.4. The Balaban J connectivity index is 2.87. The Bertz CT molecular complexity index is 369. The van der Waals surface area contributed by atoms with Crippen LogP contribution in [-0.2, 0) is 0 Å². The molecule has 0 aliphatic carbocycles. The van der Waals surface area contributed by atoms with E-state index in [9.17, 15) is 0 Å². The van der Waals surface area contributed by atoms with E-state index in [4.69, 9.17) is 14.6 Å². The van der Waals surface area contributed by atoms with Gasteiger partial charge in [0, 0.05) is 0 Å². The van der Waals surface area contributed by atoms with Crippen molar-refractivity contribution in [1.29, 1.82) is 0 Å². The Morgan fingerprint density at radius 2 is 2.19 bits per heavy atom. The second-order valence-electron chi connectivity index (χ2n) is 3.09. The van der Waals surface area contributed by atoms with Gasteiger partial charge in [0.25, 0.3) is 0 Å². The predicted molar refractivity (Wildman–Crippen MR) is 64.8 cm³/mol. The Hall–Kier alpha value is -1.74. The molecule has 86 valence electrons. The van der Waals surface area contributed by atoms with E-state index in [1.54, 1.807) is 19.3 Å². The summed E-state index contributed by atoms with van der Waals surface area (Å²) < 4.78 is 10.6. The minimum absolute atomic E-state index is 0.0248. The van der Waals surface area contributed by atoms with Crippen LogP contribution in [0.15, 0.2) is 36.9 Å². The maximum atomic E-state index is 8.67. The van der Waals surface area contributed by atoms with Crippen LogP contribution in [0.5, 0.6) is 11.5 Å². The van der Waals surface area contributed by atoms with Crippen molar-refractivity contribution in [2.45, 2.75) is 0 Å². The summed E-state index contributed by atoms with van der Waals surface area (Å²) in [5.41, 5.74) is 0.955. The molecule has 0 aromatic heterocycles. The number of methoxy groups -OCH3 is 1. The van der Waals surface area contributed by atoms with E-state index in [0.717, 1.165) is 5.56 Å². The molecule has 3 heteroatoms. The third-order valence-corrected chi connectivity index (χ3v) is 1.96.